The molecule has 0 N–H and O–H groups in total. The number of ether oxygens (including phenoxy) is 2. The number of rotatable bonds is 4. The van der Waals surface area contributed by atoms with Gasteiger partial charge in [-0.3, -0.25) is 4.90 Å². The van der Waals surface area contributed by atoms with E-state index < -0.39 is 10.0 Å². The first kappa shape index (κ1) is 17.3. The average Bonchev–Trinajstić information content (AvgIpc) is 2.69. The predicted octanol–water partition coefficient (Wildman–Crippen LogP) is 1.96. The van der Waals surface area contributed by atoms with Crippen LogP contribution in [0.15, 0.2) is 53.4 Å². The number of hydrogen-bond acceptors (Lipinski definition) is 5. The molecule has 1 saturated heterocycles. The van der Waals surface area contributed by atoms with Crippen LogP contribution in [-0.2, 0) is 16.6 Å². The molecule has 0 amide bonds. The molecule has 2 aliphatic rings. The first-order valence-corrected chi connectivity index (χ1v) is 10.2. The normalized spacial score (nSPS) is 18.6. The zero-order chi connectivity index (χ0) is 18.0. The van der Waals surface area contributed by atoms with E-state index in [0.717, 1.165) is 23.6 Å². The highest BCUT2D eigenvalue weighted by Crippen LogP contribution is 2.31. The first-order valence-electron chi connectivity index (χ1n) is 8.79. The summed E-state index contributed by atoms with van der Waals surface area (Å²) >= 11 is 0. The lowest BCUT2D eigenvalue weighted by Crippen LogP contribution is -2.48. The van der Waals surface area contributed by atoms with Gasteiger partial charge in [0.15, 0.2) is 11.5 Å². The Labute approximate surface area is 154 Å². The molecule has 4 rings (SSSR count). The van der Waals surface area contributed by atoms with E-state index in [4.69, 9.17) is 9.47 Å². The fourth-order valence-electron chi connectivity index (χ4n) is 3.31. The number of sulfonamides is 1. The summed E-state index contributed by atoms with van der Waals surface area (Å²) in [7, 11) is -3.40. The van der Waals surface area contributed by atoms with Crippen molar-refractivity contribution in [3.05, 3.63) is 54.1 Å². The quantitative estimate of drug-likeness (QED) is 0.819. The van der Waals surface area contributed by atoms with E-state index in [2.05, 4.69) is 4.90 Å². The van der Waals surface area contributed by atoms with Crippen molar-refractivity contribution in [2.24, 2.45) is 0 Å². The predicted molar refractivity (Wildman–Crippen MR) is 97.9 cm³/mol. The Bertz CT molecular complexity index is 862. The van der Waals surface area contributed by atoms with Crippen LogP contribution < -0.4 is 9.47 Å². The van der Waals surface area contributed by atoms with Crippen molar-refractivity contribution in [3.63, 3.8) is 0 Å². The second-order valence-electron chi connectivity index (χ2n) is 6.47. The minimum absolute atomic E-state index is 0.361. The van der Waals surface area contributed by atoms with E-state index in [1.807, 2.05) is 24.3 Å². The van der Waals surface area contributed by atoms with Gasteiger partial charge in [-0.2, -0.15) is 4.31 Å². The van der Waals surface area contributed by atoms with E-state index in [0.29, 0.717) is 44.3 Å². The number of fused-ring (bicyclic) bond motifs is 1. The van der Waals surface area contributed by atoms with Crippen molar-refractivity contribution < 1.29 is 17.9 Å². The molecule has 0 spiro atoms. The molecular weight excluding hydrogens is 352 g/mol. The summed E-state index contributed by atoms with van der Waals surface area (Å²) < 4.78 is 38.1. The molecule has 2 heterocycles. The van der Waals surface area contributed by atoms with Crippen molar-refractivity contribution in [1.29, 1.82) is 0 Å². The standard InChI is InChI=1S/C19H22N2O4S/c22-26(23,17-4-2-1-3-5-17)21-10-8-20(9-11-21)15-16-6-7-18-19(14-16)25-13-12-24-18/h1-7,14H,8-13,15H2. The van der Waals surface area contributed by atoms with Crippen LogP contribution in [0.2, 0.25) is 0 Å². The number of hydrogen-bond donors (Lipinski definition) is 0. The fourth-order valence-corrected chi connectivity index (χ4v) is 4.76. The van der Waals surface area contributed by atoms with E-state index in [-0.39, 0.29) is 0 Å². The zero-order valence-corrected chi connectivity index (χ0v) is 15.3. The second kappa shape index (κ2) is 7.26. The highest BCUT2D eigenvalue weighted by atomic mass is 32.2. The number of piperazine rings is 1. The van der Waals surface area contributed by atoms with Gasteiger partial charge in [-0.05, 0) is 29.8 Å². The molecule has 0 aliphatic carbocycles. The van der Waals surface area contributed by atoms with Gasteiger partial charge in [-0.1, -0.05) is 24.3 Å². The highest BCUT2D eigenvalue weighted by Gasteiger charge is 2.28. The van der Waals surface area contributed by atoms with Gasteiger partial charge < -0.3 is 9.47 Å². The van der Waals surface area contributed by atoms with Crippen LogP contribution in [0.5, 0.6) is 11.5 Å². The maximum absolute atomic E-state index is 12.7. The number of benzene rings is 2. The summed E-state index contributed by atoms with van der Waals surface area (Å²) in [6, 6.07) is 14.6. The lowest BCUT2D eigenvalue weighted by molar-refractivity contribution is 0.169. The SMILES string of the molecule is O=S(=O)(c1ccccc1)N1CCN(Cc2ccc3c(c2)OCCO3)CC1. The van der Waals surface area contributed by atoms with E-state index in [1.165, 1.54) is 0 Å². The molecule has 2 aliphatic heterocycles. The maximum Gasteiger partial charge on any atom is 0.243 e. The van der Waals surface area contributed by atoms with Crippen LogP contribution in [0.1, 0.15) is 5.56 Å². The third kappa shape index (κ3) is 3.56. The van der Waals surface area contributed by atoms with Crippen LogP contribution in [0, 0.1) is 0 Å². The van der Waals surface area contributed by atoms with Gasteiger partial charge >= 0.3 is 0 Å². The molecular formula is C19H22N2O4S. The molecule has 0 radical (unpaired) electrons. The monoisotopic (exact) mass is 374 g/mol. The Morgan fingerprint density at radius 3 is 2.27 bits per heavy atom. The first-order chi connectivity index (χ1) is 12.6. The van der Waals surface area contributed by atoms with Crippen LogP contribution in [0.25, 0.3) is 0 Å². The van der Waals surface area contributed by atoms with Crippen LogP contribution in [0.4, 0.5) is 0 Å². The minimum Gasteiger partial charge on any atom is -0.486 e. The molecule has 1 fully saturated rings. The Balaban J connectivity index is 1.38. The largest absolute Gasteiger partial charge is 0.486 e. The Hall–Kier alpha value is -2.09. The van der Waals surface area contributed by atoms with Gasteiger partial charge in [0, 0.05) is 32.7 Å². The topological polar surface area (TPSA) is 59.1 Å². The lowest BCUT2D eigenvalue weighted by Gasteiger charge is -2.34. The molecule has 6 nitrogen and oxygen atoms in total. The average molecular weight is 374 g/mol. The van der Waals surface area contributed by atoms with Gasteiger partial charge in [0.05, 0.1) is 4.90 Å². The number of nitrogens with zero attached hydrogens (tertiary/aromatic N) is 2. The summed E-state index contributed by atoms with van der Waals surface area (Å²) in [5.74, 6) is 1.58. The maximum atomic E-state index is 12.7. The molecule has 0 aromatic heterocycles. The summed E-state index contributed by atoms with van der Waals surface area (Å²) in [6.45, 7) is 4.36. The Kier molecular flexibility index (Phi) is 4.84. The molecule has 2 aromatic carbocycles. The molecule has 7 heteroatoms. The molecule has 2 aromatic rings. The van der Waals surface area contributed by atoms with Gasteiger partial charge in [-0.25, -0.2) is 8.42 Å². The fraction of sp³-hybridized carbons (Fsp3) is 0.368. The van der Waals surface area contributed by atoms with Crippen LogP contribution in [0.3, 0.4) is 0 Å². The van der Waals surface area contributed by atoms with Crippen molar-refractivity contribution in [3.8, 4) is 11.5 Å². The van der Waals surface area contributed by atoms with Gasteiger partial charge in [-0.15, -0.1) is 0 Å². The highest BCUT2D eigenvalue weighted by molar-refractivity contribution is 7.89. The van der Waals surface area contributed by atoms with E-state index >= 15 is 0 Å². The molecule has 0 bridgehead atoms. The minimum atomic E-state index is -3.40. The van der Waals surface area contributed by atoms with Crippen molar-refractivity contribution in [2.45, 2.75) is 11.4 Å². The van der Waals surface area contributed by atoms with Crippen molar-refractivity contribution in [1.82, 2.24) is 9.21 Å². The van der Waals surface area contributed by atoms with Crippen LogP contribution in [-0.4, -0.2) is 57.0 Å². The van der Waals surface area contributed by atoms with Gasteiger partial charge in [0.2, 0.25) is 10.0 Å². The summed E-state index contributed by atoms with van der Waals surface area (Å²) in [6.07, 6.45) is 0. The molecule has 0 unspecified atom stereocenters. The van der Waals surface area contributed by atoms with Crippen molar-refractivity contribution >= 4 is 10.0 Å². The van der Waals surface area contributed by atoms with E-state index in [9.17, 15) is 8.42 Å². The van der Waals surface area contributed by atoms with Crippen LogP contribution >= 0.6 is 0 Å². The Morgan fingerprint density at radius 2 is 1.54 bits per heavy atom. The third-order valence-corrected chi connectivity index (χ3v) is 6.64. The molecule has 138 valence electrons. The van der Waals surface area contributed by atoms with Crippen molar-refractivity contribution in [2.75, 3.05) is 39.4 Å². The Morgan fingerprint density at radius 1 is 0.846 bits per heavy atom. The van der Waals surface area contributed by atoms with Gasteiger partial charge in [0.1, 0.15) is 13.2 Å². The van der Waals surface area contributed by atoms with Gasteiger partial charge in [0.25, 0.3) is 0 Å². The molecule has 0 saturated carbocycles. The third-order valence-electron chi connectivity index (χ3n) is 4.73. The van der Waals surface area contributed by atoms with E-state index in [1.54, 1.807) is 28.6 Å². The summed E-state index contributed by atoms with van der Waals surface area (Å²) in [5.41, 5.74) is 1.15. The molecule has 0 atom stereocenters. The smallest absolute Gasteiger partial charge is 0.243 e. The second-order valence-corrected chi connectivity index (χ2v) is 8.41. The summed E-state index contributed by atoms with van der Waals surface area (Å²) in [4.78, 5) is 2.63. The summed E-state index contributed by atoms with van der Waals surface area (Å²) in [5, 5.41) is 0. The lowest BCUT2D eigenvalue weighted by atomic mass is 10.1. The molecule has 26 heavy (non-hydrogen) atoms. The zero-order valence-electron chi connectivity index (χ0n) is 14.5.